The maximum absolute atomic E-state index is 9.40. The molecule has 0 saturated carbocycles. The lowest BCUT2D eigenvalue weighted by Gasteiger charge is -2.08. The summed E-state index contributed by atoms with van der Waals surface area (Å²) in [5.41, 5.74) is 0.662. The number of thioether (sulfide) groups is 1. The maximum Gasteiger partial charge on any atom is 0.225 e. The first-order valence-electron chi connectivity index (χ1n) is 6.11. The van der Waals surface area contributed by atoms with Gasteiger partial charge in [0.1, 0.15) is 5.03 Å². The highest BCUT2D eigenvalue weighted by Crippen LogP contribution is 2.25. The van der Waals surface area contributed by atoms with Crippen molar-refractivity contribution in [1.82, 2.24) is 20.2 Å². The molecule has 0 bridgehead atoms. The van der Waals surface area contributed by atoms with Crippen LogP contribution in [0.3, 0.4) is 0 Å². The van der Waals surface area contributed by atoms with Crippen molar-refractivity contribution in [1.29, 1.82) is 0 Å². The topological polar surface area (TPSA) is 107 Å². The van der Waals surface area contributed by atoms with E-state index < -0.39 is 6.10 Å². The summed E-state index contributed by atoms with van der Waals surface area (Å²) in [4.78, 5) is 8.72. The Morgan fingerprint density at radius 1 is 1.47 bits per heavy atom. The first kappa shape index (κ1) is 14.0. The molecule has 19 heavy (non-hydrogen) atoms. The summed E-state index contributed by atoms with van der Waals surface area (Å²) in [6.45, 7) is 2.60. The molecule has 2 rings (SSSR count). The summed E-state index contributed by atoms with van der Waals surface area (Å²) in [6, 6.07) is 0. The standard InChI is InChI=1S/C11H17N5O2S/c1-2-3-12-11-14-9-8(4-13-16-9)10(15-11)19-6-7(18)5-17/h4,7,17-18H,2-3,5-6H2,1H3,(H2,12,13,14,15,16). The van der Waals surface area contributed by atoms with Crippen molar-refractivity contribution in [3.8, 4) is 0 Å². The van der Waals surface area contributed by atoms with Gasteiger partial charge in [-0.05, 0) is 6.42 Å². The molecule has 0 spiro atoms. The zero-order valence-corrected chi connectivity index (χ0v) is 11.4. The van der Waals surface area contributed by atoms with Gasteiger partial charge in [0.15, 0.2) is 5.65 Å². The number of aromatic amines is 1. The Balaban J connectivity index is 2.21. The SMILES string of the molecule is CCCNc1nc(SCC(O)CO)c2cn[nH]c2n1. The Morgan fingerprint density at radius 2 is 2.32 bits per heavy atom. The Hall–Kier alpha value is -1.38. The second kappa shape index (κ2) is 6.69. The van der Waals surface area contributed by atoms with E-state index in [2.05, 4.69) is 32.4 Å². The second-order valence-electron chi connectivity index (χ2n) is 4.06. The van der Waals surface area contributed by atoms with Gasteiger partial charge in [0.05, 0.1) is 24.3 Å². The summed E-state index contributed by atoms with van der Waals surface area (Å²) in [5, 5.41) is 29.7. The van der Waals surface area contributed by atoms with Crippen LogP contribution in [0.1, 0.15) is 13.3 Å². The van der Waals surface area contributed by atoms with Gasteiger partial charge in [0, 0.05) is 12.3 Å². The summed E-state index contributed by atoms with van der Waals surface area (Å²) < 4.78 is 0. The molecule has 0 amide bonds. The van der Waals surface area contributed by atoms with Crippen molar-refractivity contribution in [3.63, 3.8) is 0 Å². The molecule has 0 aliphatic heterocycles. The van der Waals surface area contributed by atoms with E-state index in [1.807, 2.05) is 0 Å². The fourth-order valence-electron chi connectivity index (χ4n) is 1.46. The minimum atomic E-state index is -0.756. The van der Waals surface area contributed by atoms with Crippen LogP contribution >= 0.6 is 11.8 Å². The number of H-pyrrole nitrogens is 1. The average Bonchev–Trinajstić information content (AvgIpc) is 2.90. The van der Waals surface area contributed by atoms with Gasteiger partial charge in [-0.3, -0.25) is 5.10 Å². The van der Waals surface area contributed by atoms with Gasteiger partial charge in [-0.1, -0.05) is 6.92 Å². The minimum Gasteiger partial charge on any atom is -0.394 e. The number of hydrogen-bond donors (Lipinski definition) is 4. The third-order valence-corrected chi connectivity index (χ3v) is 3.57. The van der Waals surface area contributed by atoms with Crippen LogP contribution in [0.5, 0.6) is 0 Å². The minimum absolute atomic E-state index is 0.256. The lowest BCUT2D eigenvalue weighted by molar-refractivity contribution is 0.113. The third-order valence-electron chi connectivity index (χ3n) is 2.43. The number of rotatable bonds is 7. The van der Waals surface area contributed by atoms with E-state index in [0.717, 1.165) is 23.4 Å². The van der Waals surface area contributed by atoms with Crippen LogP contribution in [0.15, 0.2) is 11.2 Å². The van der Waals surface area contributed by atoms with Crippen molar-refractivity contribution in [2.24, 2.45) is 0 Å². The lowest BCUT2D eigenvalue weighted by atomic mass is 10.4. The molecule has 0 saturated heterocycles. The van der Waals surface area contributed by atoms with E-state index in [1.165, 1.54) is 11.8 Å². The van der Waals surface area contributed by atoms with E-state index in [0.29, 0.717) is 17.3 Å². The van der Waals surface area contributed by atoms with Crippen LogP contribution in [0, 0.1) is 0 Å². The smallest absolute Gasteiger partial charge is 0.225 e. The Morgan fingerprint density at radius 3 is 3.05 bits per heavy atom. The van der Waals surface area contributed by atoms with E-state index in [1.54, 1.807) is 6.20 Å². The normalized spacial score (nSPS) is 12.8. The number of nitrogens with zero attached hydrogens (tertiary/aromatic N) is 3. The zero-order valence-electron chi connectivity index (χ0n) is 10.6. The lowest BCUT2D eigenvalue weighted by Crippen LogP contribution is -2.15. The predicted octanol–water partition coefficient (Wildman–Crippen LogP) is 0.620. The maximum atomic E-state index is 9.40. The zero-order chi connectivity index (χ0) is 13.7. The van der Waals surface area contributed by atoms with Crippen LogP contribution in [-0.2, 0) is 0 Å². The van der Waals surface area contributed by atoms with Gasteiger partial charge < -0.3 is 15.5 Å². The number of hydrogen-bond acceptors (Lipinski definition) is 7. The molecule has 2 aromatic heterocycles. The third kappa shape index (κ3) is 3.55. The summed E-state index contributed by atoms with van der Waals surface area (Å²) >= 11 is 1.37. The fourth-order valence-corrected chi connectivity index (χ4v) is 2.37. The number of aromatic nitrogens is 4. The van der Waals surface area contributed by atoms with Crippen molar-refractivity contribution in [2.45, 2.75) is 24.5 Å². The van der Waals surface area contributed by atoms with Crippen LogP contribution < -0.4 is 5.32 Å². The van der Waals surface area contributed by atoms with Crippen LogP contribution in [0.4, 0.5) is 5.95 Å². The van der Waals surface area contributed by atoms with Crippen LogP contribution in [0.2, 0.25) is 0 Å². The average molecular weight is 283 g/mol. The van der Waals surface area contributed by atoms with Gasteiger partial charge >= 0.3 is 0 Å². The van der Waals surface area contributed by atoms with Crippen LogP contribution in [-0.4, -0.2) is 55.4 Å². The molecule has 4 N–H and O–H groups in total. The number of anilines is 1. The van der Waals surface area contributed by atoms with Crippen molar-refractivity contribution in [2.75, 3.05) is 24.2 Å². The van der Waals surface area contributed by atoms with Crippen LogP contribution in [0.25, 0.3) is 11.0 Å². The molecule has 2 aromatic rings. The van der Waals surface area contributed by atoms with Gasteiger partial charge in [-0.25, -0.2) is 4.98 Å². The van der Waals surface area contributed by atoms with Crippen molar-refractivity contribution >= 4 is 28.7 Å². The molecular weight excluding hydrogens is 266 g/mol. The Labute approximate surface area is 114 Å². The second-order valence-corrected chi connectivity index (χ2v) is 5.07. The molecule has 0 aromatic carbocycles. The molecule has 0 aliphatic rings. The quantitative estimate of drug-likeness (QED) is 0.436. The highest BCUT2D eigenvalue weighted by molar-refractivity contribution is 7.99. The summed E-state index contributed by atoms with van der Waals surface area (Å²) in [6.07, 6.45) is 1.89. The predicted molar refractivity (Wildman–Crippen MR) is 74.3 cm³/mol. The fraction of sp³-hybridized carbons (Fsp3) is 0.545. The molecule has 104 valence electrons. The number of aliphatic hydroxyl groups excluding tert-OH is 2. The Bertz CT molecular complexity index is 533. The Kier molecular flexibility index (Phi) is 4.94. The monoisotopic (exact) mass is 283 g/mol. The van der Waals surface area contributed by atoms with Gasteiger partial charge in [-0.15, -0.1) is 11.8 Å². The number of aliphatic hydroxyl groups is 2. The molecule has 8 heteroatoms. The van der Waals surface area contributed by atoms with E-state index >= 15 is 0 Å². The van der Waals surface area contributed by atoms with Crippen molar-refractivity contribution < 1.29 is 10.2 Å². The van der Waals surface area contributed by atoms with Gasteiger partial charge in [-0.2, -0.15) is 10.1 Å². The highest BCUT2D eigenvalue weighted by atomic mass is 32.2. The van der Waals surface area contributed by atoms with Gasteiger partial charge in [0.2, 0.25) is 5.95 Å². The summed E-state index contributed by atoms with van der Waals surface area (Å²) in [5.74, 6) is 0.917. The molecule has 1 unspecified atom stereocenters. The largest absolute Gasteiger partial charge is 0.394 e. The number of nitrogens with one attached hydrogen (secondary N) is 2. The summed E-state index contributed by atoms with van der Waals surface area (Å²) in [7, 11) is 0. The van der Waals surface area contributed by atoms with E-state index in [4.69, 9.17) is 5.11 Å². The molecule has 1 atom stereocenters. The first-order valence-corrected chi connectivity index (χ1v) is 7.09. The van der Waals surface area contributed by atoms with E-state index in [-0.39, 0.29) is 6.61 Å². The van der Waals surface area contributed by atoms with Gasteiger partial charge in [0.25, 0.3) is 0 Å². The number of fused-ring (bicyclic) bond motifs is 1. The highest BCUT2D eigenvalue weighted by Gasteiger charge is 2.11. The molecule has 0 radical (unpaired) electrons. The molecule has 2 heterocycles. The molecule has 7 nitrogen and oxygen atoms in total. The molecular formula is C11H17N5O2S. The first-order chi connectivity index (χ1) is 9.24. The van der Waals surface area contributed by atoms with Crippen molar-refractivity contribution in [3.05, 3.63) is 6.20 Å². The van der Waals surface area contributed by atoms with E-state index in [9.17, 15) is 5.11 Å². The molecule has 0 fully saturated rings. The molecule has 0 aliphatic carbocycles.